The van der Waals surface area contributed by atoms with Crippen LogP contribution >= 0.6 is 0 Å². The van der Waals surface area contributed by atoms with Gasteiger partial charge in [0.05, 0.1) is 20.0 Å². The van der Waals surface area contributed by atoms with Crippen molar-refractivity contribution >= 4 is 28.9 Å². The van der Waals surface area contributed by atoms with Crippen LogP contribution in [0.5, 0.6) is 0 Å². The first-order chi connectivity index (χ1) is 10.5. The normalized spacial score (nSPS) is 12.2. The van der Waals surface area contributed by atoms with Crippen LogP contribution in [0.1, 0.15) is 13.8 Å². The second-order valence-electron chi connectivity index (χ2n) is 4.99. The number of nitrogens with zero attached hydrogens (tertiary/aromatic N) is 3. The zero-order valence-corrected chi connectivity index (χ0v) is 12.6. The quantitative estimate of drug-likeness (QED) is 0.646. The van der Waals surface area contributed by atoms with Crippen LogP contribution in [0, 0.1) is 5.92 Å². The van der Waals surface area contributed by atoms with Gasteiger partial charge in [0.1, 0.15) is 17.9 Å². The van der Waals surface area contributed by atoms with Crippen molar-refractivity contribution in [3.63, 3.8) is 0 Å². The number of hydrogen-bond acceptors (Lipinski definition) is 7. The second-order valence-corrected chi connectivity index (χ2v) is 4.99. The molecule has 9 heteroatoms. The maximum atomic E-state index is 12.0. The van der Waals surface area contributed by atoms with Crippen molar-refractivity contribution in [2.45, 2.75) is 19.9 Å². The first kappa shape index (κ1) is 15.7. The van der Waals surface area contributed by atoms with Gasteiger partial charge in [-0.15, -0.1) is 0 Å². The molecule has 2 aromatic heterocycles. The Morgan fingerprint density at radius 3 is 2.77 bits per heavy atom. The van der Waals surface area contributed by atoms with Crippen LogP contribution in [0.15, 0.2) is 12.7 Å². The van der Waals surface area contributed by atoms with Gasteiger partial charge in [0.2, 0.25) is 5.91 Å². The molecule has 2 heterocycles. The number of anilines is 1. The van der Waals surface area contributed by atoms with Gasteiger partial charge in [0, 0.05) is 0 Å². The molecule has 0 aliphatic rings. The number of carbonyl (C=O) groups is 2. The lowest BCUT2D eigenvalue weighted by Gasteiger charge is -2.19. The molecule has 0 saturated carbocycles. The molecule has 2 rings (SSSR count). The predicted octanol–water partition coefficient (Wildman–Crippen LogP) is 0.0786. The molecule has 9 nitrogen and oxygen atoms in total. The molecule has 3 N–H and O–H groups in total. The smallest absolute Gasteiger partial charge is 0.328 e. The van der Waals surface area contributed by atoms with Crippen molar-refractivity contribution < 1.29 is 14.3 Å². The summed E-state index contributed by atoms with van der Waals surface area (Å²) < 4.78 is 4.68. The molecule has 2 aromatic rings. The average molecular weight is 306 g/mol. The fourth-order valence-electron chi connectivity index (χ4n) is 1.91. The summed E-state index contributed by atoms with van der Waals surface area (Å²) in [6.07, 6.45) is 2.85. The van der Waals surface area contributed by atoms with E-state index in [4.69, 9.17) is 0 Å². The van der Waals surface area contributed by atoms with Gasteiger partial charge in [-0.05, 0) is 5.92 Å². The fourth-order valence-corrected chi connectivity index (χ4v) is 1.91. The number of amides is 1. The van der Waals surface area contributed by atoms with Crippen LogP contribution in [-0.4, -0.2) is 51.5 Å². The van der Waals surface area contributed by atoms with Crippen molar-refractivity contribution in [3.8, 4) is 0 Å². The van der Waals surface area contributed by atoms with Crippen LogP contribution in [0.3, 0.4) is 0 Å². The standard InChI is InChI=1S/C13H18N6O3/c1-7(2)9(13(21)22-3)19-8(20)4-14-11-10-12(16-5-15-10)18-6-17-11/h5-7,9H,4H2,1-3H3,(H,19,20)(H2,14,15,16,17,18)/t9-/m0/s1. The molecule has 0 saturated heterocycles. The van der Waals surface area contributed by atoms with Gasteiger partial charge < -0.3 is 20.4 Å². The van der Waals surface area contributed by atoms with Crippen LogP contribution in [0.4, 0.5) is 5.82 Å². The lowest BCUT2D eigenvalue weighted by atomic mass is 10.0. The van der Waals surface area contributed by atoms with E-state index in [1.54, 1.807) is 0 Å². The number of methoxy groups -OCH3 is 1. The highest BCUT2D eigenvalue weighted by atomic mass is 16.5. The SMILES string of the molecule is COC(=O)[C@@H](NC(=O)CNc1ncnc2nc[nH]c12)C(C)C. The van der Waals surface area contributed by atoms with E-state index < -0.39 is 12.0 Å². The first-order valence-electron chi connectivity index (χ1n) is 6.78. The number of aromatic amines is 1. The highest BCUT2D eigenvalue weighted by molar-refractivity contribution is 5.89. The van der Waals surface area contributed by atoms with Gasteiger partial charge in [-0.2, -0.15) is 0 Å². The lowest BCUT2D eigenvalue weighted by Crippen LogP contribution is -2.46. The first-order valence-corrected chi connectivity index (χ1v) is 6.78. The van der Waals surface area contributed by atoms with Gasteiger partial charge in [-0.25, -0.2) is 19.7 Å². The Kier molecular flexibility index (Phi) is 4.87. The zero-order valence-electron chi connectivity index (χ0n) is 12.6. The predicted molar refractivity (Wildman–Crippen MR) is 79.0 cm³/mol. The van der Waals surface area contributed by atoms with Crippen LogP contribution in [-0.2, 0) is 14.3 Å². The van der Waals surface area contributed by atoms with E-state index >= 15 is 0 Å². The number of hydrogen-bond donors (Lipinski definition) is 3. The minimum atomic E-state index is -0.683. The highest BCUT2D eigenvalue weighted by Gasteiger charge is 2.24. The molecule has 0 radical (unpaired) electrons. The lowest BCUT2D eigenvalue weighted by molar-refractivity contribution is -0.146. The number of aromatic nitrogens is 4. The third-order valence-corrected chi connectivity index (χ3v) is 3.08. The third kappa shape index (κ3) is 3.48. The molecule has 0 unspecified atom stereocenters. The van der Waals surface area contributed by atoms with E-state index in [2.05, 4.69) is 35.3 Å². The van der Waals surface area contributed by atoms with Crippen molar-refractivity contribution in [2.75, 3.05) is 19.0 Å². The Bertz CT molecular complexity index is 669. The summed E-state index contributed by atoms with van der Waals surface area (Å²) in [5, 5.41) is 5.52. The minimum absolute atomic E-state index is 0.0364. The van der Waals surface area contributed by atoms with Crippen LogP contribution in [0.2, 0.25) is 0 Å². The molecule has 0 bridgehead atoms. The maximum Gasteiger partial charge on any atom is 0.328 e. The second kappa shape index (κ2) is 6.83. The number of ether oxygens (including phenoxy) is 1. The molecule has 118 valence electrons. The van der Waals surface area contributed by atoms with Crippen molar-refractivity contribution in [1.29, 1.82) is 0 Å². The Balaban J connectivity index is 1.97. The molecule has 0 aliphatic carbocycles. The average Bonchev–Trinajstić information content (AvgIpc) is 2.98. The summed E-state index contributed by atoms with van der Waals surface area (Å²) in [7, 11) is 1.29. The molecule has 0 aromatic carbocycles. The van der Waals surface area contributed by atoms with E-state index in [-0.39, 0.29) is 18.4 Å². The molecular formula is C13H18N6O3. The summed E-state index contributed by atoms with van der Waals surface area (Å²) >= 11 is 0. The molecule has 0 fully saturated rings. The molecular weight excluding hydrogens is 288 g/mol. The number of nitrogens with one attached hydrogen (secondary N) is 3. The molecule has 0 spiro atoms. The van der Waals surface area contributed by atoms with Gasteiger partial charge in [-0.3, -0.25) is 4.79 Å². The number of rotatable bonds is 6. The maximum absolute atomic E-state index is 12.0. The third-order valence-electron chi connectivity index (χ3n) is 3.08. The van der Waals surface area contributed by atoms with Gasteiger partial charge in [-0.1, -0.05) is 13.8 Å². The van der Waals surface area contributed by atoms with E-state index in [1.807, 2.05) is 13.8 Å². The number of esters is 1. The summed E-state index contributed by atoms with van der Waals surface area (Å²) in [6.45, 7) is 3.62. The van der Waals surface area contributed by atoms with Gasteiger partial charge >= 0.3 is 5.97 Å². The van der Waals surface area contributed by atoms with Crippen molar-refractivity contribution in [3.05, 3.63) is 12.7 Å². The monoisotopic (exact) mass is 306 g/mol. The Labute approximate surface area is 126 Å². The van der Waals surface area contributed by atoms with Crippen molar-refractivity contribution in [2.24, 2.45) is 5.92 Å². The minimum Gasteiger partial charge on any atom is -0.467 e. The highest BCUT2D eigenvalue weighted by Crippen LogP contribution is 2.13. The fraction of sp³-hybridized carbons (Fsp3) is 0.462. The van der Waals surface area contributed by atoms with Crippen LogP contribution in [0.25, 0.3) is 11.2 Å². The molecule has 22 heavy (non-hydrogen) atoms. The topological polar surface area (TPSA) is 122 Å². The zero-order chi connectivity index (χ0) is 16.1. The summed E-state index contributed by atoms with van der Waals surface area (Å²) in [5.74, 6) is -0.414. The molecule has 1 amide bonds. The summed E-state index contributed by atoms with van der Waals surface area (Å²) in [4.78, 5) is 38.5. The Hall–Kier alpha value is -2.71. The van der Waals surface area contributed by atoms with Gasteiger partial charge in [0.25, 0.3) is 0 Å². The van der Waals surface area contributed by atoms with E-state index in [0.29, 0.717) is 17.0 Å². The largest absolute Gasteiger partial charge is 0.467 e. The Morgan fingerprint density at radius 1 is 1.32 bits per heavy atom. The number of H-pyrrole nitrogens is 1. The molecule has 1 atom stereocenters. The molecule has 0 aliphatic heterocycles. The van der Waals surface area contributed by atoms with Crippen LogP contribution < -0.4 is 10.6 Å². The van der Waals surface area contributed by atoms with E-state index in [1.165, 1.54) is 19.8 Å². The Morgan fingerprint density at radius 2 is 2.09 bits per heavy atom. The van der Waals surface area contributed by atoms with Crippen molar-refractivity contribution in [1.82, 2.24) is 25.3 Å². The van der Waals surface area contributed by atoms with E-state index in [9.17, 15) is 9.59 Å². The number of fused-ring (bicyclic) bond motifs is 1. The van der Waals surface area contributed by atoms with Gasteiger partial charge in [0.15, 0.2) is 11.5 Å². The number of carbonyl (C=O) groups excluding carboxylic acids is 2. The summed E-state index contributed by atoms with van der Waals surface area (Å²) in [5.41, 5.74) is 1.12. The summed E-state index contributed by atoms with van der Waals surface area (Å²) in [6, 6.07) is -0.683. The number of imidazole rings is 1. The van der Waals surface area contributed by atoms with E-state index in [0.717, 1.165) is 0 Å².